The van der Waals surface area contributed by atoms with Crippen molar-refractivity contribution in [2.24, 2.45) is 11.8 Å². The number of amides is 1. The minimum absolute atomic E-state index is 0.0761. The summed E-state index contributed by atoms with van der Waals surface area (Å²) >= 11 is 3.26. The molecular weight excluding hydrogens is 324 g/mol. The lowest BCUT2D eigenvalue weighted by molar-refractivity contribution is -0.384. The zero-order chi connectivity index (χ0) is 14.7. The molecule has 0 spiro atoms. The van der Waals surface area contributed by atoms with Crippen LogP contribution in [0.2, 0.25) is 0 Å². The summed E-state index contributed by atoms with van der Waals surface area (Å²) in [6.45, 7) is 2.86. The molecule has 0 aliphatic heterocycles. The van der Waals surface area contributed by atoms with E-state index < -0.39 is 4.92 Å². The molecule has 2 atom stereocenters. The topological polar surface area (TPSA) is 72.2 Å². The SMILES string of the molecule is CC1CCC(CNC(=O)c2cc([N+](=O)[O-])ccc2Br)C1. The van der Waals surface area contributed by atoms with Crippen molar-refractivity contribution in [1.82, 2.24) is 5.32 Å². The van der Waals surface area contributed by atoms with Gasteiger partial charge in [-0.25, -0.2) is 0 Å². The number of benzene rings is 1. The van der Waals surface area contributed by atoms with Crippen LogP contribution in [-0.2, 0) is 0 Å². The number of halogens is 1. The molecule has 2 rings (SSSR count). The Kier molecular flexibility index (Phi) is 4.75. The average molecular weight is 341 g/mol. The van der Waals surface area contributed by atoms with Crippen molar-refractivity contribution < 1.29 is 9.72 Å². The van der Waals surface area contributed by atoms with Crippen molar-refractivity contribution >= 4 is 27.5 Å². The number of hydrogen-bond acceptors (Lipinski definition) is 3. The summed E-state index contributed by atoms with van der Waals surface area (Å²) in [7, 11) is 0. The molecule has 0 saturated heterocycles. The first-order valence-corrected chi connectivity index (χ1v) is 7.49. The van der Waals surface area contributed by atoms with Crippen molar-refractivity contribution in [3.05, 3.63) is 38.3 Å². The lowest BCUT2D eigenvalue weighted by Gasteiger charge is -2.11. The molecule has 0 radical (unpaired) electrons. The summed E-state index contributed by atoms with van der Waals surface area (Å²) in [6.07, 6.45) is 3.48. The van der Waals surface area contributed by atoms with Crippen LogP contribution in [0.15, 0.2) is 22.7 Å². The van der Waals surface area contributed by atoms with Gasteiger partial charge in [-0.1, -0.05) is 13.3 Å². The highest BCUT2D eigenvalue weighted by Crippen LogP contribution is 2.30. The number of nitrogens with zero attached hydrogens (tertiary/aromatic N) is 1. The van der Waals surface area contributed by atoms with Crippen molar-refractivity contribution in [2.75, 3.05) is 6.54 Å². The summed E-state index contributed by atoms with van der Waals surface area (Å²) in [4.78, 5) is 22.4. The fourth-order valence-corrected chi connectivity index (χ4v) is 3.07. The van der Waals surface area contributed by atoms with Crippen molar-refractivity contribution in [2.45, 2.75) is 26.2 Å². The maximum atomic E-state index is 12.1. The number of rotatable bonds is 4. The van der Waals surface area contributed by atoms with Gasteiger partial charge in [0.25, 0.3) is 11.6 Å². The Morgan fingerprint density at radius 1 is 1.50 bits per heavy atom. The highest BCUT2D eigenvalue weighted by molar-refractivity contribution is 9.10. The zero-order valence-electron chi connectivity index (χ0n) is 11.3. The smallest absolute Gasteiger partial charge is 0.270 e. The van der Waals surface area contributed by atoms with Gasteiger partial charge < -0.3 is 5.32 Å². The van der Waals surface area contributed by atoms with Crippen LogP contribution in [0.25, 0.3) is 0 Å². The van der Waals surface area contributed by atoms with Gasteiger partial charge in [0.2, 0.25) is 0 Å². The van der Waals surface area contributed by atoms with Crippen LogP contribution in [-0.4, -0.2) is 17.4 Å². The third-order valence-corrected chi connectivity index (χ3v) is 4.45. The van der Waals surface area contributed by atoms with E-state index in [1.165, 1.54) is 24.6 Å². The fourth-order valence-electron chi connectivity index (χ4n) is 2.64. The lowest BCUT2D eigenvalue weighted by Crippen LogP contribution is -2.28. The highest BCUT2D eigenvalue weighted by atomic mass is 79.9. The predicted octanol–water partition coefficient (Wildman–Crippen LogP) is 3.52. The van der Waals surface area contributed by atoms with Crippen LogP contribution in [0.4, 0.5) is 5.69 Å². The molecule has 0 bridgehead atoms. The third kappa shape index (κ3) is 3.56. The number of nitro benzene ring substituents is 1. The molecule has 1 aliphatic rings. The van der Waals surface area contributed by atoms with Crippen LogP contribution in [0.5, 0.6) is 0 Å². The van der Waals surface area contributed by atoms with Crippen LogP contribution in [0.1, 0.15) is 36.5 Å². The summed E-state index contributed by atoms with van der Waals surface area (Å²) < 4.78 is 0.570. The van der Waals surface area contributed by atoms with Crippen LogP contribution in [0, 0.1) is 22.0 Å². The molecule has 1 fully saturated rings. The molecule has 5 nitrogen and oxygen atoms in total. The molecule has 1 saturated carbocycles. The number of carbonyl (C=O) groups excluding carboxylic acids is 1. The summed E-state index contributed by atoms with van der Waals surface area (Å²) in [5.41, 5.74) is 0.234. The Morgan fingerprint density at radius 2 is 2.25 bits per heavy atom. The molecule has 1 amide bonds. The maximum Gasteiger partial charge on any atom is 0.270 e. The Balaban J connectivity index is 2.01. The molecule has 1 N–H and O–H groups in total. The Labute approximate surface area is 126 Å². The second-order valence-corrected chi connectivity index (χ2v) is 6.27. The largest absolute Gasteiger partial charge is 0.352 e. The quantitative estimate of drug-likeness (QED) is 0.673. The van der Waals surface area contributed by atoms with Crippen molar-refractivity contribution in [3.8, 4) is 0 Å². The standard InChI is InChI=1S/C14H17BrN2O3/c1-9-2-3-10(6-9)8-16-14(18)12-7-11(17(19)20)4-5-13(12)15/h4-5,7,9-10H,2-3,6,8H2,1H3,(H,16,18). The van der Waals surface area contributed by atoms with Crippen LogP contribution in [0.3, 0.4) is 0 Å². The molecule has 1 aromatic rings. The predicted molar refractivity (Wildman–Crippen MR) is 79.6 cm³/mol. The lowest BCUT2D eigenvalue weighted by atomic mass is 10.1. The summed E-state index contributed by atoms with van der Waals surface area (Å²) in [6, 6.07) is 4.21. The number of nitro groups is 1. The van der Waals surface area contributed by atoms with E-state index in [9.17, 15) is 14.9 Å². The van der Waals surface area contributed by atoms with E-state index in [2.05, 4.69) is 28.2 Å². The highest BCUT2D eigenvalue weighted by Gasteiger charge is 2.22. The van der Waals surface area contributed by atoms with Gasteiger partial charge in [0.15, 0.2) is 0 Å². The number of hydrogen-bond donors (Lipinski definition) is 1. The summed E-state index contributed by atoms with van der Waals surface area (Å²) in [5.74, 6) is 0.980. The molecule has 108 valence electrons. The van der Waals surface area contributed by atoms with E-state index in [1.807, 2.05) is 0 Å². The fraction of sp³-hybridized carbons (Fsp3) is 0.500. The number of carbonyl (C=O) groups is 1. The first-order chi connectivity index (χ1) is 9.47. The molecular formula is C14H17BrN2O3. The van der Waals surface area contributed by atoms with Gasteiger partial charge in [-0.3, -0.25) is 14.9 Å². The zero-order valence-corrected chi connectivity index (χ0v) is 12.9. The second-order valence-electron chi connectivity index (χ2n) is 5.42. The molecule has 2 unspecified atom stereocenters. The van der Waals surface area contributed by atoms with Crippen LogP contribution < -0.4 is 5.32 Å². The van der Waals surface area contributed by atoms with E-state index in [0.29, 0.717) is 22.5 Å². The molecule has 20 heavy (non-hydrogen) atoms. The number of nitrogens with one attached hydrogen (secondary N) is 1. The molecule has 6 heteroatoms. The normalized spacial score (nSPS) is 21.7. The Morgan fingerprint density at radius 3 is 2.85 bits per heavy atom. The van der Waals surface area contributed by atoms with Gasteiger partial charge in [-0.2, -0.15) is 0 Å². The molecule has 0 aromatic heterocycles. The molecule has 1 aromatic carbocycles. The Bertz CT molecular complexity index is 533. The minimum Gasteiger partial charge on any atom is -0.352 e. The van der Waals surface area contributed by atoms with Gasteiger partial charge in [0, 0.05) is 23.2 Å². The molecule has 0 heterocycles. The average Bonchev–Trinajstić information content (AvgIpc) is 2.82. The molecule has 1 aliphatic carbocycles. The van der Waals surface area contributed by atoms with Crippen molar-refractivity contribution in [1.29, 1.82) is 0 Å². The van der Waals surface area contributed by atoms with E-state index in [4.69, 9.17) is 0 Å². The third-order valence-electron chi connectivity index (χ3n) is 3.76. The Hall–Kier alpha value is -1.43. The monoisotopic (exact) mass is 340 g/mol. The van der Waals surface area contributed by atoms with Gasteiger partial charge in [0.1, 0.15) is 0 Å². The first kappa shape index (κ1) is 15.0. The second kappa shape index (κ2) is 6.35. The maximum absolute atomic E-state index is 12.1. The number of non-ortho nitro benzene ring substituents is 1. The van der Waals surface area contributed by atoms with Gasteiger partial charge >= 0.3 is 0 Å². The van der Waals surface area contributed by atoms with E-state index >= 15 is 0 Å². The first-order valence-electron chi connectivity index (χ1n) is 6.69. The summed E-state index contributed by atoms with van der Waals surface area (Å²) in [5, 5.41) is 13.6. The van der Waals surface area contributed by atoms with Crippen molar-refractivity contribution in [3.63, 3.8) is 0 Å². The van der Waals surface area contributed by atoms with Gasteiger partial charge in [0.05, 0.1) is 10.5 Å². The van der Waals surface area contributed by atoms with Gasteiger partial charge in [-0.15, -0.1) is 0 Å². The van der Waals surface area contributed by atoms with E-state index in [-0.39, 0.29) is 11.6 Å². The van der Waals surface area contributed by atoms with Crippen LogP contribution >= 0.6 is 15.9 Å². The van der Waals surface area contributed by atoms with E-state index in [1.54, 1.807) is 0 Å². The van der Waals surface area contributed by atoms with Gasteiger partial charge in [-0.05, 0) is 46.7 Å². The minimum atomic E-state index is -0.498. The van der Waals surface area contributed by atoms with E-state index in [0.717, 1.165) is 18.8 Å².